The number of hydrogen-bond donors (Lipinski definition) is 2. The van der Waals surface area contributed by atoms with Crippen LogP contribution in [0.25, 0.3) is 0 Å². The summed E-state index contributed by atoms with van der Waals surface area (Å²) < 4.78 is 0. The van der Waals surface area contributed by atoms with Gasteiger partial charge in [0.05, 0.1) is 0 Å². The minimum atomic E-state index is 0. The fraction of sp³-hybridized carbons (Fsp3) is 1.00. The standard InChI is InChI=1S/2C4H8.2H3N/c2*1-2-4-3-1;;/h2*1-4H2;2*1H3. The largest absolute Gasteiger partial charge is 0.344 e. The van der Waals surface area contributed by atoms with Crippen molar-refractivity contribution in [3.63, 3.8) is 0 Å². The molecule has 2 aliphatic carbocycles. The average molecular weight is 146 g/mol. The monoisotopic (exact) mass is 146 g/mol. The second kappa shape index (κ2) is 8.92. The highest BCUT2D eigenvalue weighted by atomic mass is 14.0. The fourth-order valence-electron chi connectivity index (χ4n) is 0.500. The van der Waals surface area contributed by atoms with Crippen molar-refractivity contribution in [3.8, 4) is 0 Å². The third-order valence-corrected chi connectivity index (χ3v) is 2.00. The molecule has 10 heavy (non-hydrogen) atoms. The van der Waals surface area contributed by atoms with E-state index in [4.69, 9.17) is 0 Å². The molecule has 0 unspecified atom stereocenters. The first-order valence-corrected chi connectivity index (χ1v) is 4.00. The Bertz CT molecular complexity index is 31.2. The van der Waals surface area contributed by atoms with E-state index in [1.54, 1.807) is 0 Å². The van der Waals surface area contributed by atoms with E-state index in [1.165, 1.54) is 51.4 Å². The zero-order chi connectivity index (χ0) is 5.66. The lowest BCUT2D eigenvalue weighted by Gasteiger charge is -2.05. The van der Waals surface area contributed by atoms with Crippen LogP contribution in [0.15, 0.2) is 0 Å². The van der Waals surface area contributed by atoms with Gasteiger partial charge in [-0.1, -0.05) is 51.4 Å². The molecule has 0 atom stereocenters. The summed E-state index contributed by atoms with van der Waals surface area (Å²) in [5.41, 5.74) is 0. The van der Waals surface area contributed by atoms with E-state index in [2.05, 4.69) is 0 Å². The van der Waals surface area contributed by atoms with Crippen molar-refractivity contribution in [2.45, 2.75) is 51.4 Å². The van der Waals surface area contributed by atoms with Crippen molar-refractivity contribution >= 4 is 0 Å². The van der Waals surface area contributed by atoms with Crippen LogP contribution in [0.1, 0.15) is 51.4 Å². The molecule has 0 bridgehead atoms. The molecular weight excluding hydrogens is 124 g/mol. The summed E-state index contributed by atoms with van der Waals surface area (Å²) >= 11 is 0. The van der Waals surface area contributed by atoms with Gasteiger partial charge in [0.15, 0.2) is 0 Å². The Morgan fingerprint density at radius 3 is 0.400 bits per heavy atom. The van der Waals surface area contributed by atoms with E-state index in [1.807, 2.05) is 0 Å². The summed E-state index contributed by atoms with van der Waals surface area (Å²) in [4.78, 5) is 0. The molecule has 6 N–H and O–H groups in total. The van der Waals surface area contributed by atoms with Gasteiger partial charge in [0.2, 0.25) is 0 Å². The maximum Gasteiger partial charge on any atom is -0.0533 e. The summed E-state index contributed by atoms with van der Waals surface area (Å²) in [6, 6.07) is 0. The van der Waals surface area contributed by atoms with Gasteiger partial charge in [0, 0.05) is 0 Å². The van der Waals surface area contributed by atoms with Crippen LogP contribution >= 0.6 is 0 Å². The molecule has 2 nitrogen and oxygen atoms in total. The first-order chi connectivity index (χ1) is 4.00. The normalized spacial score (nSPS) is 19.2. The molecule has 2 rings (SSSR count). The van der Waals surface area contributed by atoms with E-state index >= 15 is 0 Å². The van der Waals surface area contributed by atoms with Gasteiger partial charge in [0.25, 0.3) is 0 Å². The Morgan fingerprint density at radius 1 is 0.300 bits per heavy atom. The van der Waals surface area contributed by atoms with Crippen LogP contribution in [-0.4, -0.2) is 0 Å². The Balaban J connectivity index is 0. The van der Waals surface area contributed by atoms with Gasteiger partial charge in [0.1, 0.15) is 0 Å². The minimum absolute atomic E-state index is 0. The van der Waals surface area contributed by atoms with Crippen LogP contribution in [0.2, 0.25) is 0 Å². The lowest BCUT2D eigenvalue weighted by molar-refractivity contribution is 0.504. The van der Waals surface area contributed by atoms with Gasteiger partial charge in [-0.2, -0.15) is 0 Å². The van der Waals surface area contributed by atoms with Crippen LogP contribution in [0, 0.1) is 0 Å². The third kappa shape index (κ3) is 6.05. The predicted molar refractivity (Wildman–Crippen MR) is 47.0 cm³/mol. The van der Waals surface area contributed by atoms with Gasteiger partial charge >= 0.3 is 0 Å². The van der Waals surface area contributed by atoms with Gasteiger partial charge in [-0.15, -0.1) is 0 Å². The second-order valence-corrected chi connectivity index (χ2v) is 2.83. The van der Waals surface area contributed by atoms with Crippen molar-refractivity contribution < 1.29 is 0 Å². The van der Waals surface area contributed by atoms with E-state index in [0.717, 1.165) is 0 Å². The summed E-state index contributed by atoms with van der Waals surface area (Å²) in [6.07, 6.45) is 12.0. The van der Waals surface area contributed by atoms with E-state index in [0.29, 0.717) is 0 Å². The summed E-state index contributed by atoms with van der Waals surface area (Å²) in [6.45, 7) is 0. The predicted octanol–water partition coefficient (Wildman–Crippen LogP) is 3.44. The Labute approximate surface area is 64.6 Å². The quantitative estimate of drug-likeness (QED) is 0.549. The van der Waals surface area contributed by atoms with Crippen molar-refractivity contribution in [3.05, 3.63) is 0 Å². The van der Waals surface area contributed by atoms with Crippen molar-refractivity contribution in [1.29, 1.82) is 0 Å². The van der Waals surface area contributed by atoms with Crippen LogP contribution in [-0.2, 0) is 0 Å². The highest BCUT2D eigenvalue weighted by molar-refractivity contribution is 4.51. The Hall–Kier alpha value is -0.0800. The maximum atomic E-state index is 1.50. The zero-order valence-electron chi connectivity index (χ0n) is 7.07. The topological polar surface area (TPSA) is 70.0 Å². The first-order valence-electron chi connectivity index (χ1n) is 4.00. The molecule has 0 aromatic carbocycles. The van der Waals surface area contributed by atoms with Crippen LogP contribution in [0.5, 0.6) is 0 Å². The minimum Gasteiger partial charge on any atom is -0.344 e. The average Bonchev–Trinajstić information content (AvgIpc) is 1.12. The van der Waals surface area contributed by atoms with Crippen molar-refractivity contribution in [2.75, 3.05) is 0 Å². The molecule has 64 valence electrons. The summed E-state index contributed by atoms with van der Waals surface area (Å²) in [7, 11) is 0. The lowest BCUT2D eigenvalue weighted by Crippen LogP contribution is -1.85. The van der Waals surface area contributed by atoms with Crippen LogP contribution < -0.4 is 12.3 Å². The molecule has 0 radical (unpaired) electrons. The summed E-state index contributed by atoms with van der Waals surface area (Å²) in [5, 5.41) is 0. The van der Waals surface area contributed by atoms with Crippen molar-refractivity contribution in [2.24, 2.45) is 0 Å². The molecule has 0 spiro atoms. The molecule has 0 amide bonds. The Kier molecular flexibility index (Phi) is 11.2. The highest BCUT2D eigenvalue weighted by Gasteiger charge is 1.95. The summed E-state index contributed by atoms with van der Waals surface area (Å²) in [5.74, 6) is 0. The second-order valence-electron chi connectivity index (χ2n) is 2.83. The molecule has 2 aliphatic rings. The molecule has 2 fully saturated rings. The lowest BCUT2D eigenvalue weighted by atomic mass is 10.0. The number of hydrogen-bond acceptors (Lipinski definition) is 2. The Morgan fingerprint density at radius 2 is 0.400 bits per heavy atom. The molecular formula is C8H22N2. The first kappa shape index (κ1) is 12.6. The third-order valence-electron chi connectivity index (χ3n) is 2.00. The zero-order valence-corrected chi connectivity index (χ0v) is 7.07. The molecule has 0 aromatic rings. The number of rotatable bonds is 0. The molecule has 0 aliphatic heterocycles. The van der Waals surface area contributed by atoms with Crippen LogP contribution in [0.4, 0.5) is 0 Å². The fourth-order valence-corrected chi connectivity index (χ4v) is 0.500. The van der Waals surface area contributed by atoms with Gasteiger partial charge in [-0.05, 0) is 0 Å². The van der Waals surface area contributed by atoms with E-state index in [9.17, 15) is 0 Å². The molecule has 2 heteroatoms. The smallest absolute Gasteiger partial charge is 0.0533 e. The molecule has 0 saturated heterocycles. The van der Waals surface area contributed by atoms with Gasteiger partial charge < -0.3 is 12.3 Å². The highest BCUT2D eigenvalue weighted by Crippen LogP contribution is 2.15. The van der Waals surface area contributed by atoms with E-state index < -0.39 is 0 Å². The van der Waals surface area contributed by atoms with Crippen LogP contribution in [0.3, 0.4) is 0 Å². The SMILES string of the molecule is C1CCC1.C1CCC1.N.N. The van der Waals surface area contributed by atoms with Crippen molar-refractivity contribution in [1.82, 2.24) is 12.3 Å². The van der Waals surface area contributed by atoms with E-state index in [-0.39, 0.29) is 12.3 Å². The van der Waals surface area contributed by atoms with Gasteiger partial charge in [-0.3, -0.25) is 0 Å². The molecule has 2 saturated carbocycles. The molecule has 0 aromatic heterocycles. The van der Waals surface area contributed by atoms with Gasteiger partial charge in [-0.25, -0.2) is 0 Å². The maximum absolute atomic E-state index is 1.50. The molecule has 0 heterocycles.